The van der Waals surface area contributed by atoms with Crippen molar-refractivity contribution in [1.29, 1.82) is 0 Å². The van der Waals surface area contributed by atoms with E-state index < -0.39 is 72.0 Å². The van der Waals surface area contributed by atoms with Crippen LogP contribution in [0.15, 0.2) is 24.3 Å². The lowest BCUT2D eigenvalue weighted by Crippen LogP contribution is -2.59. The average molecular weight is 508 g/mol. The first-order chi connectivity index (χ1) is 16.8. The van der Waals surface area contributed by atoms with Gasteiger partial charge in [-0.05, 0) is 36.0 Å². The van der Waals surface area contributed by atoms with Crippen molar-refractivity contribution in [2.75, 3.05) is 0 Å². The number of phenolic OH excluding ortho intramolecular Hbond substituents is 1. The van der Waals surface area contributed by atoms with Crippen LogP contribution in [0.2, 0.25) is 0 Å². The van der Waals surface area contributed by atoms with E-state index >= 15 is 0 Å². The fourth-order valence-electron chi connectivity index (χ4n) is 3.38. The van der Waals surface area contributed by atoms with Crippen molar-refractivity contribution in [2.45, 2.75) is 71.1 Å². The molecular formula is C24H37N5O7. The van der Waals surface area contributed by atoms with E-state index in [4.69, 9.17) is 11.5 Å². The summed E-state index contributed by atoms with van der Waals surface area (Å²) in [6.45, 7) is 6.75. The first-order valence-corrected chi connectivity index (χ1v) is 11.7. The van der Waals surface area contributed by atoms with Gasteiger partial charge in [-0.15, -0.1) is 0 Å². The number of aromatic hydroxyl groups is 1. The van der Waals surface area contributed by atoms with E-state index in [9.17, 15) is 34.2 Å². The summed E-state index contributed by atoms with van der Waals surface area (Å²) >= 11 is 0. The maximum absolute atomic E-state index is 13.0. The Bertz CT molecular complexity index is 935. The predicted molar refractivity (Wildman–Crippen MR) is 131 cm³/mol. The summed E-state index contributed by atoms with van der Waals surface area (Å²) in [5.74, 6) is -5.14. The number of benzene rings is 1. The summed E-state index contributed by atoms with van der Waals surface area (Å²) in [6.07, 6.45) is 0.0525. The molecule has 0 aliphatic carbocycles. The quantitative estimate of drug-likeness (QED) is 0.172. The molecule has 5 unspecified atom stereocenters. The maximum Gasteiger partial charge on any atom is 0.326 e. The fraction of sp³-hybridized carbons (Fsp3) is 0.542. The van der Waals surface area contributed by atoms with E-state index in [0.29, 0.717) is 12.0 Å². The molecule has 0 heterocycles. The van der Waals surface area contributed by atoms with Gasteiger partial charge in [-0.3, -0.25) is 19.2 Å². The zero-order chi connectivity index (χ0) is 27.6. The zero-order valence-corrected chi connectivity index (χ0v) is 21.0. The minimum atomic E-state index is -1.44. The molecule has 9 N–H and O–H groups in total. The molecule has 0 saturated carbocycles. The van der Waals surface area contributed by atoms with Crippen molar-refractivity contribution in [2.24, 2.45) is 23.3 Å². The summed E-state index contributed by atoms with van der Waals surface area (Å²) < 4.78 is 0. The number of primary amides is 1. The van der Waals surface area contributed by atoms with Crippen LogP contribution in [-0.4, -0.2) is 64.0 Å². The Kier molecular flexibility index (Phi) is 11.8. The van der Waals surface area contributed by atoms with Gasteiger partial charge in [0.15, 0.2) is 0 Å². The molecular weight excluding hydrogens is 470 g/mol. The van der Waals surface area contributed by atoms with Crippen molar-refractivity contribution in [3.63, 3.8) is 0 Å². The van der Waals surface area contributed by atoms with Crippen molar-refractivity contribution in [3.05, 3.63) is 29.8 Å². The minimum Gasteiger partial charge on any atom is -0.508 e. The van der Waals surface area contributed by atoms with Crippen molar-refractivity contribution < 1.29 is 34.2 Å². The smallest absolute Gasteiger partial charge is 0.326 e. The minimum absolute atomic E-state index is 0.0710. The molecule has 0 saturated heterocycles. The number of carboxylic acid groups (broad SMARTS) is 1. The summed E-state index contributed by atoms with van der Waals surface area (Å²) in [5, 5.41) is 26.1. The largest absolute Gasteiger partial charge is 0.508 e. The summed E-state index contributed by atoms with van der Waals surface area (Å²) in [7, 11) is 0. The standard InChI is InChI=1S/C24H37N5O7/c1-5-13(4)20(24(35)36)29-22(33)17(11-18(26)31)27-23(34)19(12(2)3)28-21(32)16(25)10-14-6-8-15(30)9-7-14/h6-9,12-13,16-17,19-20,30H,5,10-11,25H2,1-4H3,(H2,26,31)(H,27,34)(H,28,32)(H,29,33)(H,35,36). The molecule has 0 bridgehead atoms. The summed E-state index contributed by atoms with van der Waals surface area (Å²) in [5.41, 5.74) is 11.9. The molecule has 36 heavy (non-hydrogen) atoms. The molecule has 0 spiro atoms. The SMILES string of the molecule is CCC(C)C(NC(=O)C(CC(N)=O)NC(=O)C(NC(=O)C(N)Cc1ccc(O)cc1)C(C)C)C(=O)O. The second-order valence-corrected chi connectivity index (χ2v) is 9.15. The monoisotopic (exact) mass is 507 g/mol. The van der Waals surface area contributed by atoms with E-state index in [1.807, 2.05) is 0 Å². The molecule has 0 aromatic heterocycles. The van der Waals surface area contributed by atoms with E-state index in [-0.39, 0.29) is 12.2 Å². The molecule has 12 nitrogen and oxygen atoms in total. The normalized spacial score (nSPS) is 15.2. The van der Waals surface area contributed by atoms with Crippen LogP contribution in [0.5, 0.6) is 5.75 Å². The topological polar surface area (TPSA) is 214 Å². The van der Waals surface area contributed by atoms with Gasteiger partial charge in [0.05, 0.1) is 12.5 Å². The molecule has 0 radical (unpaired) electrons. The van der Waals surface area contributed by atoms with Crippen LogP contribution in [0.1, 0.15) is 46.1 Å². The van der Waals surface area contributed by atoms with Gasteiger partial charge in [-0.1, -0.05) is 46.2 Å². The zero-order valence-electron chi connectivity index (χ0n) is 21.0. The third-order valence-corrected chi connectivity index (χ3v) is 5.79. The third kappa shape index (κ3) is 9.53. The number of hydrogen-bond donors (Lipinski definition) is 7. The Hall–Kier alpha value is -3.67. The van der Waals surface area contributed by atoms with Crippen LogP contribution in [0.3, 0.4) is 0 Å². The van der Waals surface area contributed by atoms with Gasteiger partial charge in [0.25, 0.3) is 0 Å². The summed E-state index contributed by atoms with van der Waals surface area (Å²) in [4.78, 5) is 61.6. The van der Waals surface area contributed by atoms with Crippen LogP contribution in [0, 0.1) is 11.8 Å². The third-order valence-electron chi connectivity index (χ3n) is 5.79. The molecule has 0 fully saturated rings. The first kappa shape index (κ1) is 30.4. The predicted octanol–water partition coefficient (Wildman–Crippen LogP) is -0.621. The number of nitrogens with one attached hydrogen (secondary N) is 3. The highest BCUT2D eigenvalue weighted by Gasteiger charge is 2.33. The number of aliphatic carboxylic acids is 1. The van der Waals surface area contributed by atoms with Crippen LogP contribution in [0.25, 0.3) is 0 Å². The van der Waals surface area contributed by atoms with Gasteiger partial charge in [-0.2, -0.15) is 0 Å². The van der Waals surface area contributed by atoms with Crippen molar-refractivity contribution >= 4 is 29.6 Å². The molecule has 200 valence electrons. The number of amides is 4. The van der Waals surface area contributed by atoms with Gasteiger partial charge in [-0.25, -0.2) is 4.79 Å². The molecule has 4 amide bonds. The van der Waals surface area contributed by atoms with Gasteiger partial charge < -0.3 is 37.6 Å². The summed E-state index contributed by atoms with van der Waals surface area (Å²) in [6, 6.07) is 1.39. The number of carbonyl (C=O) groups excluding carboxylic acids is 4. The number of hydrogen-bond acceptors (Lipinski definition) is 7. The van der Waals surface area contributed by atoms with E-state index in [1.54, 1.807) is 39.8 Å². The van der Waals surface area contributed by atoms with Crippen LogP contribution >= 0.6 is 0 Å². The molecule has 1 aromatic rings. The molecule has 1 rings (SSSR count). The lowest BCUT2D eigenvalue weighted by atomic mass is 9.98. The second kappa shape index (κ2) is 14.0. The van der Waals surface area contributed by atoms with Crippen LogP contribution < -0.4 is 27.4 Å². The number of rotatable bonds is 14. The number of carboxylic acids is 1. The fourth-order valence-corrected chi connectivity index (χ4v) is 3.38. The second-order valence-electron chi connectivity index (χ2n) is 9.15. The van der Waals surface area contributed by atoms with Gasteiger partial charge in [0.1, 0.15) is 23.9 Å². The molecule has 0 aliphatic rings. The lowest BCUT2D eigenvalue weighted by Gasteiger charge is -2.27. The number of carbonyl (C=O) groups is 5. The Balaban J connectivity index is 2.95. The van der Waals surface area contributed by atoms with E-state index in [1.165, 1.54) is 12.1 Å². The molecule has 1 aromatic carbocycles. The number of phenols is 1. The average Bonchev–Trinajstić information content (AvgIpc) is 2.80. The molecule has 12 heteroatoms. The van der Waals surface area contributed by atoms with Crippen LogP contribution in [-0.2, 0) is 30.4 Å². The van der Waals surface area contributed by atoms with E-state index in [0.717, 1.165) is 0 Å². The van der Waals surface area contributed by atoms with Gasteiger partial charge in [0, 0.05) is 0 Å². The van der Waals surface area contributed by atoms with Crippen molar-refractivity contribution in [3.8, 4) is 5.75 Å². The molecule has 5 atom stereocenters. The maximum atomic E-state index is 13.0. The Labute approximate surface area is 210 Å². The van der Waals surface area contributed by atoms with Crippen molar-refractivity contribution in [1.82, 2.24) is 16.0 Å². The van der Waals surface area contributed by atoms with Crippen LogP contribution in [0.4, 0.5) is 0 Å². The van der Waals surface area contributed by atoms with Gasteiger partial charge in [0.2, 0.25) is 23.6 Å². The Morgan fingerprint density at radius 3 is 1.92 bits per heavy atom. The van der Waals surface area contributed by atoms with Gasteiger partial charge >= 0.3 is 5.97 Å². The van der Waals surface area contributed by atoms with E-state index in [2.05, 4.69) is 16.0 Å². The Morgan fingerprint density at radius 2 is 1.44 bits per heavy atom. The number of nitrogens with two attached hydrogens (primary N) is 2. The highest BCUT2D eigenvalue weighted by molar-refractivity contribution is 5.96. The highest BCUT2D eigenvalue weighted by Crippen LogP contribution is 2.12. The molecule has 0 aliphatic heterocycles. The Morgan fingerprint density at radius 1 is 0.889 bits per heavy atom. The lowest BCUT2D eigenvalue weighted by molar-refractivity contribution is -0.144. The first-order valence-electron chi connectivity index (χ1n) is 11.7. The highest BCUT2D eigenvalue weighted by atomic mass is 16.4.